The molecular formula is C17H13N3O2S. The Morgan fingerprint density at radius 1 is 1.22 bits per heavy atom. The number of aryl methyl sites for hydroxylation is 1. The van der Waals surface area contributed by atoms with Crippen LogP contribution in [-0.4, -0.2) is 22.5 Å². The van der Waals surface area contributed by atoms with Crippen molar-refractivity contribution < 1.29 is 9.53 Å². The van der Waals surface area contributed by atoms with E-state index in [2.05, 4.69) is 15.3 Å². The van der Waals surface area contributed by atoms with Gasteiger partial charge in [0.1, 0.15) is 10.8 Å². The van der Waals surface area contributed by atoms with Gasteiger partial charge < -0.3 is 10.1 Å². The third kappa shape index (κ3) is 2.68. The second-order valence-electron chi connectivity index (χ2n) is 5.27. The number of nitrogens with one attached hydrogen (secondary N) is 1. The zero-order valence-electron chi connectivity index (χ0n) is 12.4. The number of carbonyl (C=O) groups excluding carboxylic acids is 1. The van der Waals surface area contributed by atoms with Gasteiger partial charge in [-0.2, -0.15) is 0 Å². The van der Waals surface area contributed by atoms with Crippen LogP contribution in [0.5, 0.6) is 5.75 Å². The summed E-state index contributed by atoms with van der Waals surface area (Å²) in [5, 5.41) is 5.74. The summed E-state index contributed by atoms with van der Waals surface area (Å²) in [6.45, 7) is 2.02. The van der Waals surface area contributed by atoms with E-state index in [0.29, 0.717) is 11.4 Å². The van der Waals surface area contributed by atoms with Gasteiger partial charge in [0.15, 0.2) is 6.61 Å². The minimum Gasteiger partial charge on any atom is -0.482 e. The minimum absolute atomic E-state index is 0.0631. The van der Waals surface area contributed by atoms with Crippen LogP contribution in [0.4, 0.5) is 5.69 Å². The first kappa shape index (κ1) is 13.9. The molecule has 0 atom stereocenters. The van der Waals surface area contributed by atoms with E-state index in [1.807, 2.05) is 48.8 Å². The number of hydrogen-bond acceptors (Lipinski definition) is 5. The van der Waals surface area contributed by atoms with Gasteiger partial charge in [0.05, 0.1) is 11.4 Å². The zero-order chi connectivity index (χ0) is 15.8. The van der Waals surface area contributed by atoms with Crippen molar-refractivity contribution in [1.29, 1.82) is 0 Å². The normalized spacial score (nSPS) is 13.2. The number of carbonyl (C=O) groups is 1. The molecule has 114 valence electrons. The van der Waals surface area contributed by atoms with Gasteiger partial charge in [0, 0.05) is 28.4 Å². The number of ether oxygens (including phenoxy) is 1. The van der Waals surface area contributed by atoms with Crippen molar-refractivity contribution in [2.75, 3.05) is 11.9 Å². The van der Waals surface area contributed by atoms with Gasteiger partial charge in [0.2, 0.25) is 0 Å². The summed E-state index contributed by atoms with van der Waals surface area (Å²) in [5.74, 6) is 0.547. The fourth-order valence-corrected chi connectivity index (χ4v) is 3.20. The maximum absolute atomic E-state index is 11.4. The molecular weight excluding hydrogens is 310 g/mol. The van der Waals surface area contributed by atoms with Gasteiger partial charge in [0.25, 0.3) is 5.91 Å². The van der Waals surface area contributed by atoms with Crippen LogP contribution < -0.4 is 10.1 Å². The van der Waals surface area contributed by atoms with Crippen molar-refractivity contribution >= 4 is 22.9 Å². The Morgan fingerprint density at radius 3 is 2.91 bits per heavy atom. The van der Waals surface area contributed by atoms with Crippen LogP contribution in [0.25, 0.3) is 21.8 Å². The number of nitrogens with zero attached hydrogens (tertiary/aromatic N) is 2. The van der Waals surface area contributed by atoms with Gasteiger partial charge >= 0.3 is 0 Å². The largest absolute Gasteiger partial charge is 0.482 e. The molecule has 2 aromatic heterocycles. The number of thiazole rings is 1. The van der Waals surface area contributed by atoms with Gasteiger partial charge in [-0.15, -0.1) is 11.3 Å². The summed E-state index contributed by atoms with van der Waals surface area (Å²) in [7, 11) is 0. The van der Waals surface area contributed by atoms with E-state index in [0.717, 1.165) is 27.5 Å². The molecule has 0 fully saturated rings. The average Bonchev–Trinajstić information content (AvgIpc) is 3.05. The number of fused-ring (bicyclic) bond motifs is 1. The van der Waals surface area contributed by atoms with Crippen molar-refractivity contribution in [2.24, 2.45) is 0 Å². The first-order valence-electron chi connectivity index (χ1n) is 7.15. The molecule has 0 radical (unpaired) electrons. The summed E-state index contributed by atoms with van der Waals surface area (Å²) < 4.78 is 5.37. The van der Waals surface area contributed by atoms with Crippen molar-refractivity contribution in [3.8, 4) is 27.6 Å². The monoisotopic (exact) mass is 323 g/mol. The highest BCUT2D eigenvalue weighted by Crippen LogP contribution is 2.34. The molecule has 0 bridgehead atoms. The number of benzene rings is 1. The third-order valence-electron chi connectivity index (χ3n) is 3.57. The first-order chi connectivity index (χ1) is 11.2. The van der Waals surface area contributed by atoms with Gasteiger partial charge in [-0.1, -0.05) is 0 Å². The van der Waals surface area contributed by atoms with Gasteiger partial charge in [-0.25, -0.2) is 4.98 Å². The average molecular weight is 323 g/mol. The molecule has 6 heteroatoms. The topological polar surface area (TPSA) is 64.1 Å². The van der Waals surface area contributed by atoms with E-state index in [9.17, 15) is 4.79 Å². The van der Waals surface area contributed by atoms with E-state index in [-0.39, 0.29) is 12.5 Å². The Balaban J connectivity index is 1.68. The molecule has 0 saturated heterocycles. The fourth-order valence-electron chi connectivity index (χ4n) is 2.38. The van der Waals surface area contributed by atoms with Gasteiger partial charge in [-0.05, 0) is 37.3 Å². The first-order valence-corrected chi connectivity index (χ1v) is 8.03. The van der Waals surface area contributed by atoms with Crippen LogP contribution in [0, 0.1) is 6.92 Å². The fraction of sp³-hybridized carbons (Fsp3) is 0.118. The standard InChI is InChI=1S/C17H13N3O2S/c1-10-2-3-12(7-18-10)17-20-14(9-23-17)11-4-5-15-13(6-11)19-16(21)8-22-15/h2-7,9H,8H2,1H3,(H,19,21). The molecule has 4 rings (SSSR count). The number of aromatic nitrogens is 2. The molecule has 1 amide bonds. The highest BCUT2D eigenvalue weighted by Gasteiger charge is 2.17. The van der Waals surface area contributed by atoms with Crippen LogP contribution in [-0.2, 0) is 4.79 Å². The number of anilines is 1. The van der Waals surface area contributed by atoms with E-state index in [1.54, 1.807) is 11.3 Å². The Kier molecular flexibility index (Phi) is 3.31. The van der Waals surface area contributed by atoms with Crippen LogP contribution in [0.1, 0.15) is 5.69 Å². The van der Waals surface area contributed by atoms with E-state index >= 15 is 0 Å². The molecule has 23 heavy (non-hydrogen) atoms. The lowest BCUT2D eigenvalue weighted by atomic mass is 10.1. The summed E-state index contributed by atoms with van der Waals surface area (Å²) in [6.07, 6.45) is 1.83. The van der Waals surface area contributed by atoms with Crippen molar-refractivity contribution in [2.45, 2.75) is 6.92 Å². The Bertz CT molecular complexity index is 887. The second-order valence-corrected chi connectivity index (χ2v) is 6.13. The van der Waals surface area contributed by atoms with E-state index in [1.165, 1.54) is 0 Å². The predicted molar refractivity (Wildman–Crippen MR) is 89.6 cm³/mol. The lowest BCUT2D eigenvalue weighted by Gasteiger charge is -2.18. The molecule has 1 aromatic carbocycles. The summed E-state index contributed by atoms with van der Waals surface area (Å²) in [6, 6.07) is 9.69. The SMILES string of the molecule is Cc1ccc(-c2nc(-c3ccc4c(c3)NC(=O)CO4)cs2)cn1. The Labute approximate surface area is 137 Å². The van der Waals surface area contributed by atoms with E-state index in [4.69, 9.17) is 4.74 Å². The lowest BCUT2D eigenvalue weighted by Crippen LogP contribution is -2.25. The highest BCUT2D eigenvalue weighted by molar-refractivity contribution is 7.13. The van der Waals surface area contributed by atoms with Crippen molar-refractivity contribution in [1.82, 2.24) is 9.97 Å². The Hall–Kier alpha value is -2.73. The minimum atomic E-state index is -0.139. The lowest BCUT2D eigenvalue weighted by molar-refractivity contribution is -0.118. The summed E-state index contributed by atoms with van der Waals surface area (Å²) in [5.41, 5.74) is 4.48. The highest BCUT2D eigenvalue weighted by atomic mass is 32.1. The molecule has 0 unspecified atom stereocenters. The van der Waals surface area contributed by atoms with Crippen LogP contribution in [0.3, 0.4) is 0 Å². The second kappa shape index (κ2) is 5.48. The van der Waals surface area contributed by atoms with Crippen molar-refractivity contribution in [3.63, 3.8) is 0 Å². The molecule has 3 heterocycles. The predicted octanol–water partition coefficient (Wildman–Crippen LogP) is 3.51. The molecule has 1 N–H and O–H groups in total. The number of rotatable bonds is 2. The number of pyridine rings is 1. The van der Waals surface area contributed by atoms with E-state index < -0.39 is 0 Å². The Morgan fingerprint density at radius 2 is 2.09 bits per heavy atom. The zero-order valence-corrected chi connectivity index (χ0v) is 13.2. The maximum Gasteiger partial charge on any atom is 0.262 e. The molecule has 0 saturated carbocycles. The van der Waals surface area contributed by atoms with Crippen LogP contribution in [0.15, 0.2) is 41.9 Å². The third-order valence-corrected chi connectivity index (χ3v) is 4.46. The van der Waals surface area contributed by atoms with Crippen molar-refractivity contribution in [3.05, 3.63) is 47.6 Å². The molecule has 0 spiro atoms. The molecule has 1 aliphatic rings. The van der Waals surface area contributed by atoms with Crippen LogP contribution >= 0.6 is 11.3 Å². The number of hydrogen-bond donors (Lipinski definition) is 1. The molecule has 1 aliphatic heterocycles. The molecule has 3 aromatic rings. The quantitative estimate of drug-likeness (QED) is 0.784. The molecule has 0 aliphatic carbocycles. The number of amides is 1. The summed E-state index contributed by atoms with van der Waals surface area (Å²) in [4.78, 5) is 20.4. The summed E-state index contributed by atoms with van der Waals surface area (Å²) >= 11 is 1.57. The smallest absolute Gasteiger partial charge is 0.262 e. The van der Waals surface area contributed by atoms with Gasteiger partial charge in [-0.3, -0.25) is 9.78 Å². The maximum atomic E-state index is 11.4. The molecule has 5 nitrogen and oxygen atoms in total. The van der Waals surface area contributed by atoms with Crippen LogP contribution in [0.2, 0.25) is 0 Å².